The minimum Gasteiger partial charge on any atom is -0.391 e. The fraction of sp³-hybridized carbons (Fsp3) is 0.542. The summed E-state index contributed by atoms with van der Waals surface area (Å²) >= 11 is 1.60. The number of aliphatic hydroxyl groups is 1. The highest BCUT2D eigenvalue weighted by molar-refractivity contribution is 7.13. The lowest BCUT2D eigenvalue weighted by molar-refractivity contribution is -0.146. The van der Waals surface area contributed by atoms with E-state index in [2.05, 4.69) is 4.98 Å². The summed E-state index contributed by atoms with van der Waals surface area (Å²) < 4.78 is 0. The molecule has 1 saturated heterocycles. The van der Waals surface area contributed by atoms with Gasteiger partial charge in [0, 0.05) is 20.0 Å². The number of nitrogens with zero attached hydrogens (tertiary/aromatic N) is 3. The molecule has 182 valence electrons. The van der Waals surface area contributed by atoms with Gasteiger partial charge in [-0.15, -0.1) is 23.7 Å². The van der Waals surface area contributed by atoms with Gasteiger partial charge in [0.1, 0.15) is 6.04 Å². The number of rotatable bonds is 5. The van der Waals surface area contributed by atoms with E-state index in [1.165, 1.54) is 4.90 Å². The van der Waals surface area contributed by atoms with Crippen LogP contribution >= 0.6 is 23.7 Å². The minimum absolute atomic E-state index is 0. The second-order valence-corrected chi connectivity index (χ2v) is 10.6. The van der Waals surface area contributed by atoms with Gasteiger partial charge in [0.15, 0.2) is 0 Å². The van der Waals surface area contributed by atoms with Crippen LogP contribution in [0.1, 0.15) is 51.4 Å². The van der Waals surface area contributed by atoms with E-state index < -0.39 is 23.6 Å². The highest BCUT2D eigenvalue weighted by Gasteiger charge is 2.44. The molecule has 1 aromatic heterocycles. The molecule has 0 bridgehead atoms. The average molecular weight is 495 g/mol. The molecule has 0 saturated carbocycles. The minimum atomic E-state index is -0.742. The Morgan fingerprint density at radius 3 is 2.39 bits per heavy atom. The van der Waals surface area contributed by atoms with Crippen molar-refractivity contribution >= 4 is 35.6 Å². The third-order valence-corrected chi connectivity index (χ3v) is 7.35. The third kappa shape index (κ3) is 5.74. The molecule has 3 N–H and O–H groups in total. The van der Waals surface area contributed by atoms with Gasteiger partial charge in [-0.2, -0.15) is 0 Å². The fourth-order valence-electron chi connectivity index (χ4n) is 3.98. The van der Waals surface area contributed by atoms with Crippen LogP contribution in [0, 0.1) is 12.3 Å². The molecule has 0 spiro atoms. The van der Waals surface area contributed by atoms with Crippen LogP contribution in [0.15, 0.2) is 29.8 Å². The van der Waals surface area contributed by atoms with Crippen LogP contribution in [0.3, 0.4) is 0 Å². The van der Waals surface area contributed by atoms with Gasteiger partial charge >= 0.3 is 0 Å². The highest BCUT2D eigenvalue weighted by atomic mass is 35.5. The number of aromatic nitrogens is 1. The van der Waals surface area contributed by atoms with E-state index in [0.29, 0.717) is 0 Å². The molecular formula is C24H35ClN4O3S. The molecule has 2 aromatic rings. The Labute approximate surface area is 206 Å². The number of hydrogen-bond acceptors (Lipinski definition) is 6. The van der Waals surface area contributed by atoms with Crippen molar-refractivity contribution in [1.82, 2.24) is 14.8 Å². The van der Waals surface area contributed by atoms with E-state index in [0.717, 1.165) is 21.7 Å². The van der Waals surface area contributed by atoms with Crippen LogP contribution in [0.5, 0.6) is 0 Å². The van der Waals surface area contributed by atoms with Gasteiger partial charge in [-0.3, -0.25) is 9.59 Å². The van der Waals surface area contributed by atoms with Gasteiger partial charge in [-0.05, 0) is 30.4 Å². The van der Waals surface area contributed by atoms with Crippen LogP contribution in [0.4, 0.5) is 0 Å². The normalized spacial score (nSPS) is 20.2. The van der Waals surface area contributed by atoms with Crippen molar-refractivity contribution in [2.45, 2.75) is 65.3 Å². The topological polar surface area (TPSA) is 99.8 Å². The largest absolute Gasteiger partial charge is 0.391 e. The van der Waals surface area contributed by atoms with Crippen molar-refractivity contribution in [2.75, 3.05) is 13.6 Å². The number of amides is 2. The standard InChI is InChI=1S/C24H34N4O3S.ClH/c1-14-20(32-13-26-14)17-9-7-16(8-10-17)15(2)27(6)22(30)19-11-18(29)12-28(19)23(31)21(25)24(3,4)5;/h7-10,13,15,18-19,21,29H,11-12,25H2,1-6H3;1H/t15-,18+,19-,21+;/m0./s1. The summed E-state index contributed by atoms with van der Waals surface area (Å²) in [5.74, 6) is -0.483. The molecule has 2 heterocycles. The van der Waals surface area contributed by atoms with E-state index in [4.69, 9.17) is 5.73 Å². The zero-order valence-corrected chi connectivity index (χ0v) is 21.7. The van der Waals surface area contributed by atoms with Crippen molar-refractivity contribution in [1.29, 1.82) is 0 Å². The molecule has 33 heavy (non-hydrogen) atoms. The van der Waals surface area contributed by atoms with E-state index in [9.17, 15) is 14.7 Å². The van der Waals surface area contributed by atoms with Crippen molar-refractivity contribution in [2.24, 2.45) is 11.1 Å². The molecule has 2 amide bonds. The molecule has 9 heteroatoms. The first kappa shape index (κ1) is 27.2. The Morgan fingerprint density at radius 1 is 1.27 bits per heavy atom. The summed E-state index contributed by atoms with van der Waals surface area (Å²) in [7, 11) is 1.74. The van der Waals surface area contributed by atoms with E-state index in [1.54, 1.807) is 23.3 Å². The van der Waals surface area contributed by atoms with Crippen molar-refractivity contribution < 1.29 is 14.7 Å². The Hall–Kier alpha value is -2.00. The summed E-state index contributed by atoms with van der Waals surface area (Å²) in [4.78, 5) is 34.9. The van der Waals surface area contributed by atoms with Crippen LogP contribution in [0.25, 0.3) is 10.4 Å². The zero-order chi connectivity index (χ0) is 23.8. The van der Waals surface area contributed by atoms with Gasteiger partial charge in [0.2, 0.25) is 11.8 Å². The second kappa shape index (κ2) is 10.5. The third-order valence-electron chi connectivity index (χ3n) is 6.38. The van der Waals surface area contributed by atoms with Crippen LogP contribution in [0.2, 0.25) is 0 Å². The number of carbonyl (C=O) groups is 2. The molecule has 1 aromatic carbocycles. The number of hydrogen-bond donors (Lipinski definition) is 2. The number of likely N-dealkylation sites (N-methyl/N-ethyl adjacent to an activating group) is 1. The molecule has 7 nitrogen and oxygen atoms in total. The lowest BCUT2D eigenvalue weighted by Crippen LogP contribution is -2.55. The smallest absolute Gasteiger partial charge is 0.245 e. The summed E-state index contributed by atoms with van der Waals surface area (Å²) in [6.45, 7) is 9.76. The highest BCUT2D eigenvalue weighted by Crippen LogP contribution is 2.31. The second-order valence-electron chi connectivity index (χ2n) is 9.75. The quantitative estimate of drug-likeness (QED) is 0.663. The van der Waals surface area contributed by atoms with Crippen LogP contribution < -0.4 is 5.73 Å². The summed E-state index contributed by atoms with van der Waals surface area (Å²) in [5, 5.41) is 10.2. The fourth-order valence-corrected chi connectivity index (χ4v) is 4.79. The Balaban J connectivity index is 0.00000385. The first-order valence-electron chi connectivity index (χ1n) is 10.9. The summed E-state index contributed by atoms with van der Waals surface area (Å²) in [6.07, 6.45) is -0.507. The first-order valence-corrected chi connectivity index (χ1v) is 11.8. The van der Waals surface area contributed by atoms with Crippen LogP contribution in [-0.4, -0.2) is 63.5 Å². The van der Waals surface area contributed by atoms with Crippen molar-refractivity contribution in [3.05, 3.63) is 41.0 Å². The van der Waals surface area contributed by atoms with Gasteiger partial charge in [-0.1, -0.05) is 45.0 Å². The monoisotopic (exact) mass is 494 g/mol. The number of benzene rings is 1. The van der Waals surface area contributed by atoms with Gasteiger partial charge in [-0.25, -0.2) is 4.98 Å². The molecule has 0 radical (unpaired) electrons. The number of likely N-dealkylation sites (tertiary alicyclic amines) is 1. The SMILES string of the molecule is Cc1ncsc1-c1ccc([C@H](C)N(C)C(=O)[C@@H]2C[C@@H](O)CN2C(=O)[C@@H](N)C(C)(C)C)cc1.Cl. The Kier molecular flexibility index (Phi) is 8.68. The Bertz CT molecular complexity index is 973. The van der Waals surface area contributed by atoms with Crippen molar-refractivity contribution in [3.8, 4) is 10.4 Å². The predicted molar refractivity (Wildman–Crippen MR) is 134 cm³/mol. The maximum Gasteiger partial charge on any atom is 0.245 e. The molecule has 1 fully saturated rings. The van der Waals surface area contributed by atoms with E-state index in [1.807, 2.05) is 64.4 Å². The molecule has 0 unspecified atom stereocenters. The number of carbonyl (C=O) groups excluding carboxylic acids is 2. The predicted octanol–water partition coefficient (Wildman–Crippen LogP) is 3.39. The molecule has 1 aliphatic heterocycles. The number of aliphatic hydroxyl groups excluding tert-OH is 1. The van der Waals surface area contributed by atoms with E-state index >= 15 is 0 Å². The Morgan fingerprint density at radius 2 is 1.88 bits per heavy atom. The average Bonchev–Trinajstić information content (AvgIpc) is 3.36. The maximum atomic E-state index is 13.4. The number of thiazole rings is 1. The van der Waals surface area contributed by atoms with Crippen molar-refractivity contribution in [3.63, 3.8) is 0 Å². The summed E-state index contributed by atoms with van der Waals surface area (Å²) in [6, 6.07) is 6.48. The molecule has 0 aliphatic carbocycles. The molecular weight excluding hydrogens is 460 g/mol. The van der Waals surface area contributed by atoms with E-state index in [-0.39, 0.29) is 43.2 Å². The van der Waals surface area contributed by atoms with Gasteiger partial charge < -0.3 is 20.6 Å². The zero-order valence-electron chi connectivity index (χ0n) is 20.1. The van der Waals surface area contributed by atoms with Gasteiger partial charge in [0.25, 0.3) is 0 Å². The molecule has 4 atom stereocenters. The number of aryl methyl sites for hydroxylation is 1. The number of halogens is 1. The number of β-amino-alcohol motifs (C(OH)–C–C–N with tert-alkyl or cyclic N) is 1. The van der Waals surface area contributed by atoms with Crippen LogP contribution in [-0.2, 0) is 9.59 Å². The molecule has 1 aliphatic rings. The van der Waals surface area contributed by atoms with Gasteiger partial charge in [0.05, 0.1) is 34.3 Å². The lowest BCUT2D eigenvalue weighted by Gasteiger charge is -2.35. The lowest BCUT2D eigenvalue weighted by atomic mass is 9.86. The maximum absolute atomic E-state index is 13.4. The first-order chi connectivity index (χ1) is 14.9. The number of nitrogens with two attached hydrogens (primary N) is 1. The summed E-state index contributed by atoms with van der Waals surface area (Å²) in [5.41, 5.74) is 10.7. The molecule has 3 rings (SSSR count).